The number of hydrogen-bond acceptors (Lipinski definition) is 0. The first-order chi connectivity index (χ1) is 4.57. The molecule has 0 N–H and O–H groups in total. The van der Waals surface area contributed by atoms with Crippen molar-refractivity contribution in [2.24, 2.45) is 17.3 Å². The lowest BCUT2D eigenvalue weighted by atomic mass is 9.84. The van der Waals surface area contributed by atoms with Crippen LogP contribution in [0.25, 0.3) is 0 Å². The Hall–Kier alpha value is 0. The molecule has 0 unspecified atom stereocenters. The summed E-state index contributed by atoms with van der Waals surface area (Å²) in [6, 6.07) is 0. The van der Waals surface area contributed by atoms with Crippen molar-refractivity contribution in [3.8, 4) is 0 Å². The summed E-state index contributed by atoms with van der Waals surface area (Å²) in [5.74, 6) is 1.81. The highest BCUT2D eigenvalue weighted by Crippen LogP contribution is 2.55. The Morgan fingerprint density at radius 2 is 1.60 bits per heavy atom. The van der Waals surface area contributed by atoms with Crippen molar-refractivity contribution in [1.29, 1.82) is 0 Å². The lowest BCUT2D eigenvalue weighted by molar-refractivity contribution is 0.292. The van der Waals surface area contributed by atoms with Gasteiger partial charge in [0.2, 0.25) is 0 Å². The van der Waals surface area contributed by atoms with Crippen LogP contribution in [-0.4, -0.2) is 0 Å². The van der Waals surface area contributed by atoms with Crippen molar-refractivity contribution in [3.05, 3.63) is 0 Å². The molecule has 0 aliphatic heterocycles. The number of rotatable bonds is 3. The van der Waals surface area contributed by atoms with E-state index < -0.39 is 0 Å². The van der Waals surface area contributed by atoms with E-state index in [4.69, 9.17) is 0 Å². The molecule has 1 aliphatic rings. The van der Waals surface area contributed by atoms with Gasteiger partial charge in [-0.1, -0.05) is 27.7 Å². The van der Waals surface area contributed by atoms with Gasteiger partial charge in [0.1, 0.15) is 0 Å². The minimum atomic E-state index is 0.772. The normalized spacial score (nSPS) is 22.2. The third-order valence-electron chi connectivity index (χ3n) is 2.93. The zero-order valence-corrected chi connectivity index (χ0v) is 7.78. The van der Waals surface area contributed by atoms with E-state index in [1.165, 1.54) is 19.3 Å². The van der Waals surface area contributed by atoms with E-state index in [0.717, 1.165) is 17.3 Å². The minimum Gasteiger partial charge on any atom is -0.0628 e. The van der Waals surface area contributed by atoms with Gasteiger partial charge in [-0.15, -0.1) is 0 Å². The topological polar surface area (TPSA) is 0 Å². The Kier molecular flexibility index (Phi) is 2.07. The van der Waals surface area contributed by atoms with Crippen molar-refractivity contribution in [2.75, 3.05) is 0 Å². The molecule has 0 atom stereocenters. The first kappa shape index (κ1) is 8.10. The van der Waals surface area contributed by atoms with Crippen LogP contribution in [0.3, 0.4) is 0 Å². The number of hydrogen-bond donors (Lipinski definition) is 0. The van der Waals surface area contributed by atoms with Gasteiger partial charge in [-0.25, -0.2) is 0 Å². The van der Waals surface area contributed by atoms with Gasteiger partial charge in [-0.2, -0.15) is 0 Å². The van der Waals surface area contributed by atoms with Crippen molar-refractivity contribution in [2.45, 2.75) is 47.0 Å². The molecule has 0 amide bonds. The van der Waals surface area contributed by atoms with E-state index in [9.17, 15) is 0 Å². The smallest absolute Gasteiger partial charge is 0.0272 e. The Morgan fingerprint density at radius 1 is 1.10 bits per heavy atom. The highest BCUT2D eigenvalue weighted by Gasteiger charge is 2.44. The second-order valence-corrected chi connectivity index (χ2v) is 4.62. The van der Waals surface area contributed by atoms with Crippen molar-refractivity contribution >= 4 is 0 Å². The van der Waals surface area contributed by atoms with Crippen LogP contribution < -0.4 is 0 Å². The summed E-state index contributed by atoms with van der Waals surface area (Å²) in [5.41, 5.74) is 0.772. The van der Waals surface area contributed by atoms with E-state index in [1.54, 1.807) is 0 Å². The summed E-state index contributed by atoms with van der Waals surface area (Å²) in [4.78, 5) is 0. The van der Waals surface area contributed by atoms with E-state index in [2.05, 4.69) is 27.7 Å². The van der Waals surface area contributed by atoms with Crippen LogP contribution >= 0.6 is 0 Å². The van der Waals surface area contributed by atoms with E-state index in [1.807, 2.05) is 0 Å². The van der Waals surface area contributed by atoms with E-state index in [-0.39, 0.29) is 0 Å². The molecule has 0 saturated heterocycles. The SMILES string of the molecule is CC(C)CC1(C(C)C)CC1. The lowest BCUT2D eigenvalue weighted by Crippen LogP contribution is -2.11. The predicted molar refractivity (Wildman–Crippen MR) is 46.0 cm³/mol. The van der Waals surface area contributed by atoms with Gasteiger partial charge in [0.15, 0.2) is 0 Å². The van der Waals surface area contributed by atoms with Gasteiger partial charge < -0.3 is 0 Å². The van der Waals surface area contributed by atoms with Crippen molar-refractivity contribution in [1.82, 2.24) is 0 Å². The Balaban J connectivity index is 2.38. The van der Waals surface area contributed by atoms with Crippen molar-refractivity contribution in [3.63, 3.8) is 0 Å². The van der Waals surface area contributed by atoms with Crippen LogP contribution in [-0.2, 0) is 0 Å². The van der Waals surface area contributed by atoms with E-state index >= 15 is 0 Å². The van der Waals surface area contributed by atoms with Crippen LogP contribution in [0.1, 0.15) is 47.0 Å². The first-order valence-electron chi connectivity index (χ1n) is 4.57. The predicted octanol–water partition coefficient (Wildman–Crippen LogP) is 3.47. The molecular weight excluding hydrogens is 120 g/mol. The summed E-state index contributed by atoms with van der Waals surface area (Å²) in [6.07, 6.45) is 4.43. The Bertz CT molecular complexity index is 107. The third kappa shape index (κ3) is 1.53. The minimum absolute atomic E-state index is 0.772. The average molecular weight is 140 g/mol. The summed E-state index contributed by atoms with van der Waals surface area (Å²) >= 11 is 0. The maximum absolute atomic E-state index is 2.37. The molecule has 60 valence electrons. The zero-order valence-electron chi connectivity index (χ0n) is 7.78. The molecule has 10 heavy (non-hydrogen) atoms. The highest BCUT2D eigenvalue weighted by molar-refractivity contribution is 4.95. The summed E-state index contributed by atoms with van der Waals surface area (Å²) in [6.45, 7) is 9.41. The molecule has 0 aromatic heterocycles. The monoisotopic (exact) mass is 140 g/mol. The second kappa shape index (κ2) is 2.56. The Labute approximate surface area is 65.0 Å². The molecule has 0 aromatic carbocycles. The van der Waals surface area contributed by atoms with Gasteiger partial charge in [-0.3, -0.25) is 0 Å². The fourth-order valence-electron chi connectivity index (χ4n) is 1.99. The summed E-state index contributed by atoms with van der Waals surface area (Å²) in [5, 5.41) is 0. The quantitative estimate of drug-likeness (QED) is 0.563. The molecule has 1 fully saturated rings. The van der Waals surface area contributed by atoms with E-state index in [0.29, 0.717) is 0 Å². The summed E-state index contributed by atoms with van der Waals surface area (Å²) < 4.78 is 0. The van der Waals surface area contributed by atoms with Crippen LogP contribution in [0, 0.1) is 17.3 Å². The molecule has 0 heterocycles. The molecule has 1 saturated carbocycles. The molecule has 0 radical (unpaired) electrons. The maximum Gasteiger partial charge on any atom is -0.0272 e. The largest absolute Gasteiger partial charge is 0.0628 e. The average Bonchev–Trinajstić information content (AvgIpc) is 2.46. The van der Waals surface area contributed by atoms with Crippen molar-refractivity contribution < 1.29 is 0 Å². The van der Waals surface area contributed by atoms with Gasteiger partial charge in [0.05, 0.1) is 0 Å². The third-order valence-corrected chi connectivity index (χ3v) is 2.93. The molecule has 0 bridgehead atoms. The first-order valence-corrected chi connectivity index (χ1v) is 4.57. The zero-order chi connectivity index (χ0) is 7.78. The van der Waals surface area contributed by atoms with Crippen LogP contribution in [0.5, 0.6) is 0 Å². The maximum atomic E-state index is 2.37. The second-order valence-electron chi connectivity index (χ2n) is 4.62. The van der Waals surface area contributed by atoms with Gasteiger partial charge >= 0.3 is 0 Å². The fourth-order valence-corrected chi connectivity index (χ4v) is 1.99. The molecule has 1 rings (SSSR count). The lowest BCUT2D eigenvalue weighted by Gasteiger charge is -2.21. The highest BCUT2D eigenvalue weighted by atomic mass is 14.5. The molecule has 0 nitrogen and oxygen atoms in total. The van der Waals surface area contributed by atoms with Crippen LogP contribution in [0.4, 0.5) is 0 Å². The summed E-state index contributed by atoms with van der Waals surface area (Å²) in [7, 11) is 0. The molecular formula is C10H20. The molecule has 0 aromatic rings. The van der Waals surface area contributed by atoms with Gasteiger partial charge in [0, 0.05) is 0 Å². The van der Waals surface area contributed by atoms with Crippen LogP contribution in [0.15, 0.2) is 0 Å². The molecule has 1 aliphatic carbocycles. The van der Waals surface area contributed by atoms with Gasteiger partial charge in [0.25, 0.3) is 0 Å². The fraction of sp³-hybridized carbons (Fsp3) is 1.00. The Morgan fingerprint density at radius 3 is 1.70 bits per heavy atom. The molecule has 0 heteroatoms. The van der Waals surface area contributed by atoms with Crippen LogP contribution in [0.2, 0.25) is 0 Å². The molecule has 0 spiro atoms. The standard InChI is InChI=1S/C10H20/c1-8(2)7-10(5-6-10)9(3)4/h8-9H,5-7H2,1-4H3. The van der Waals surface area contributed by atoms with Gasteiger partial charge in [-0.05, 0) is 36.5 Å².